The van der Waals surface area contributed by atoms with Crippen LogP contribution in [0.2, 0.25) is 0 Å². The molecule has 9 heteroatoms. The van der Waals surface area contributed by atoms with Crippen molar-refractivity contribution in [3.05, 3.63) is 35.9 Å². The first kappa shape index (κ1) is 24.9. The molecule has 0 saturated heterocycles. The molecule has 0 aromatic heterocycles. The standard InChI is InChI=1S/C21H29NO8/c1-13(19(27)29-12-14-8-6-5-7-9-14)10-11-15(16(17(23)24)18(25)26)22-20(28)30-21(2,3)4/h5-9,13,15-16H,10-12H2,1-4H3,(H,22,28)(H,23,24)(H,25,26)/t13?,15-/m0/s1. The molecule has 1 unspecified atom stereocenters. The van der Waals surface area contributed by atoms with Gasteiger partial charge in [0.2, 0.25) is 0 Å². The van der Waals surface area contributed by atoms with Gasteiger partial charge in [-0.2, -0.15) is 0 Å². The van der Waals surface area contributed by atoms with Crippen LogP contribution in [0, 0.1) is 11.8 Å². The predicted octanol–water partition coefficient (Wildman–Crippen LogP) is 2.82. The summed E-state index contributed by atoms with van der Waals surface area (Å²) in [7, 11) is 0. The third kappa shape index (κ3) is 8.93. The molecule has 3 N–H and O–H groups in total. The summed E-state index contributed by atoms with van der Waals surface area (Å²) in [6.07, 6.45) is -0.880. The van der Waals surface area contributed by atoms with E-state index in [1.807, 2.05) is 30.3 Å². The summed E-state index contributed by atoms with van der Waals surface area (Å²) in [5.74, 6) is -6.20. The van der Waals surface area contributed by atoms with Crippen molar-refractivity contribution < 1.29 is 38.9 Å². The molecule has 0 aliphatic carbocycles. The molecule has 0 bridgehead atoms. The number of aliphatic carboxylic acids is 2. The fourth-order valence-corrected chi connectivity index (χ4v) is 2.65. The van der Waals surface area contributed by atoms with Crippen LogP contribution in [0.4, 0.5) is 4.79 Å². The van der Waals surface area contributed by atoms with Gasteiger partial charge in [-0.15, -0.1) is 0 Å². The molecule has 1 aromatic rings. The van der Waals surface area contributed by atoms with Crippen molar-refractivity contribution in [3.63, 3.8) is 0 Å². The highest BCUT2D eigenvalue weighted by Gasteiger charge is 2.37. The summed E-state index contributed by atoms with van der Waals surface area (Å²) >= 11 is 0. The zero-order valence-corrected chi connectivity index (χ0v) is 17.6. The zero-order chi connectivity index (χ0) is 22.9. The Labute approximate surface area is 175 Å². The number of esters is 1. The monoisotopic (exact) mass is 423 g/mol. The Hall–Kier alpha value is -3.10. The van der Waals surface area contributed by atoms with E-state index in [2.05, 4.69) is 5.32 Å². The number of carbonyl (C=O) groups excluding carboxylic acids is 2. The number of alkyl carbamates (subject to hydrolysis) is 1. The number of rotatable bonds is 10. The molecule has 0 heterocycles. The molecular formula is C21H29NO8. The van der Waals surface area contributed by atoms with E-state index in [1.54, 1.807) is 27.7 Å². The molecular weight excluding hydrogens is 394 g/mol. The fourth-order valence-electron chi connectivity index (χ4n) is 2.65. The largest absolute Gasteiger partial charge is 0.481 e. The lowest BCUT2D eigenvalue weighted by atomic mass is 9.92. The van der Waals surface area contributed by atoms with Crippen molar-refractivity contribution in [2.75, 3.05) is 0 Å². The highest BCUT2D eigenvalue weighted by Crippen LogP contribution is 2.18. The van der Waals surface area contributed by atoms with E-state index in [0.29, 0.717) is 0 Å². The summed E-state index contributed by atoms with van der Waals surface area (Å²) in [5.41, 5.74) is -0.0233. The number of ether oxygens (including phenoxy) is 2. The van der Waals surface area contributed by atoms with Crippen LogP contribution in [0.25, 0.3) is 0 Å². The van der Waals surface area contributed by atoms with Crippen LogP contribution < -0.4 is 5.32 Å². The van der Waals surface area contributed by atoms with Gasteiger partial charge in [-0.05, 0) is 39.2 Å². The van der Waals surface area contributed by atoms with Crippen LogP contribution in [0.1, 0.15) is 46.1 Å². The molecule has 1 rings (SSSR count). The lowest BCUT2D eigenvalue weighted by Crippen LogP contribution is -2.48. The van der Waals surface area contributed by atoms with Crippen LogP contribution in [0.15, 0.2) is 30.3 Å². The minimum atomic E-state index is -1.88. The Morgan fingerprint density at radius 3 is 2.07 bits per heavy atom. The maximum absolute atomic E-state index is 12.2. The second kappa shape index (κ2) is 11.2. The number of nitrogens with one attached hydrogen (secondary N) is 1. The molecule has 0 aliphatic rings. The Balaban J connectivity index is 2.74. The number of carboxylic acid groups (broad SMARTS) is 2. The third-order valence-electron chi connectivity index (χ3n) is 4.17. The highest BCUT2D eigenvalue weighted by atomic mass is 16.6. The van der Waals surface area contributed by atoms with E-state index >= 15 is 0 Å². The minimum absolute atomic E-state index is 0.0654. The highest BCUT2D eigenvalue weighted by molar-refractivity contribution is 5.94. The first-order valence-electron chi connectivity index (χ1n) is 9.56. The number of benzene rings is 1. The Morgan fingerprint density at radius 1 is 1.00 bits per heavy atom. The first-order valence-corrected chi connectivity index (χ1v) is 9.56. The average molecular weight is 423 g/mol. The molecule has 0 aliphatic heterocycles. The molecule has 0 fully saturated rings. The molecule has 2 atom stereocenters. The van der Waals surface area contributed by atoms with Crippen LogP contribution in [-0.2, 0) is 30.5 Å². The van der Waals surface area contributed by atoms with Gasteiger partial charge >= 0.3 is 24.0 Å². The lowest BCUT2D eigenvalue weighted by molar-refractivity contribution is -0.155. The topological polar surface area (TPSA) is 139 Å². The molecule has 1 aromatic carbocycles. The molecule has 30 heavy (non-hydrogen) atoms. The fraction of sp³-hybridized carbons (Fsp3) is 0.524. The summed E-state index contributed by atoms with van der Waals surface area (Å²) in [4.78, 5) is 47.1. The third-order valence-corrected chi connectivity index (χ3v) is 4.17. The van der Waals surface area contributed by atoms with Gasteiger partial charge in [0.25, 0.3) is 0 Å². The van der Waals surface area contributed by atoms with Gasteiger partial charge in [-0.1, -0.05) is 37.3 Å². The molecule has 9 nitrogen and oxygen atoms in total. The summed E-state index contributed by atoms with van der Waals surface area (Å²) in [5, 5.41) is 20.9. The normalized spacial score (nSPS) is 13.2. The van der Waals surface area contributed by atoms with Crippen LogP contribution in [0.5, 0.6) is 0 Å². The van der Waals surface area contributed by atoms with Crippen molar-refractivity contribution in [2.45, 2.75) is 58.8 Å². The van der Waals surface area contributed by atoms with E-state index in [1.165, 1.54) is 0 Å². The Bertz CT molecular complexity index is 727. The second-order valence-electron chi connectivity index (χ2n) is 7.98. The van der Waals surface area contributed by atoms with Gasteiger partial charge in [0.05, 0.1) is 12.0 Å². The first-order chi connectivity index (χ1) is 13.9. The van der Waals surface area contributed by atoms with Gasteiger partial charge in [0.15, 0.2) is 5.92 Å². The number of carbonyl (C=O) groups is 4. The number of carboxylic acids is 2. The number of amides is 1. The quantitative estimate of drug-likeness (QED) is 0.386. The average Bonchev–Trinajstić information content (AvgIpc) is 2.62. The van der Waals surface area contributed by atoms with Crippen LogP contribution in [0.3, 0.4) is 0 Å². The summed E-state index contributed by atoms with van der Waals surface area (Å²) in [6.45, 7) is 6.56. The summed E-state index contributed by atoms with van der Waals surface area (Å²) < 4.78 is 10.3. The minimum Gasteiger partial charge on any atom is -0.481 e. The Morgan fingerprint density at radius 2 is 1.57 bits per heavy atom. The van der Waals surface area contributed by atoms with E-state index in [9.17, 15) is 29.4 Å². The van der Waals surface area contributed by atoms with Gasteiger partial charge in [-0.3, -0.25) is 14.4 Å². The zero-order valence-electron chi connectivity index (χ0n) is 17.6. The van der Waals surface area contributed by atoms with Gasteiger partial charge in [-0.25, -0.2) is 4.79 Å². The maximum atomic E-state index is 12.2. The van der Waals surface area contributed by atoms with Crippen molar-refractivity contribution in [2.24, 2.45) is 11.8 Å². The van der Waals surface area contributed by atoms with Crippen molar-refractivity contribution in [1.82, 2.24) is 5.32 Å². The lowest BCUT2D eigenvalue weighted by Gasteiger charge is -2.26. The number of hydrogen-bond donors (Lipinski definition) is 3. The Kier molecular flexibility index (Phi) is 9.29. The van der Waals surface area contributed by atoms with Gasteiger partial charge < -0.3 is 25.0 Å². The van der Waals surface area contributed by atoms with E-state index < -0.39 is 47.5 Å². The second-order valence-corrected chi connectivity index (χ2v) is 7.98. The van der Waals surface area contributed by atoms with Gasteiger partial charge in [0.1, 0.15) is 12.2 Å². The van der Waals surface area contributed by atoms with Crippen LogP contribution in [-0.4, -0.2) is 45.9 Å². The molecule has 0 saturated carbocycles. The van der Waals surface area contributed by atoms with Crippen molar-refractivity contribution >= 4 is 24.0 Å². The molecule has 1 amide bonds. The molecule has 166 valence electrons. The molecule has 0 radical (unpaired) electrons. The van der Waals surface area contributed by atoms with Crippen LogP contribution >= 0.6 is 0 Å². The predicted molar refractivity (Wildman–Crippen MR) is 107 cm³/mol. The summed E-state index contributed by atoms with van der Waals surface area (Å²) in [6, 6.07) is 7.83. The number of hydrogen-bond acceptors (Lipinski definition) is 6. The smallest absolute Gasteiger partial charge is 0.407 e. The van der Waals surface area contributed by atoms with Crippen molar-refractivity contribution in [1.29, 1.82) is 0 Å². The van der Waals surface area contributed by atoms with Crippen molar-refractivity contribution in [3.8, 4) is 0 Å². The van der Waals surface area contributed by atoms with Gasteiger partial charge in [0, 0.05) is 0 Å². The molecule has 0 spiro atoms. The maximum Gasteiger partial charge on any atom is 0.407 e. The SMILES string of the molecule is CC(CC[C@H](NC(=O)OC(C)(C)C)C(C(=O)O)C(=O)O)C(=O)OCc1ccccc1. The van der Waals surface area contributed by atoms with E-state index in [-0.39, 0.29) is 19.4 Å². The van der Waals surface area contributed by atoms with E-state index in [0.717, 1.165) is 5.56 Å². The van der Waals surface area contributed by atoms with E-state index in [4.69, 9.17) is 9.47 Å².